The van der Waals surface area contributed by atoms with Crippen molar-refractivity contribution in [3.05, 3.63) is 0 Å². The highest BCUT2D eigenvalue weighted by Crippen LogP contribution is 2.14. The number of nitrogens with two attached hydrogens (primary N) is 1. The lowest BCUT2D eigenvalue weighted by molar-refractivity contribution is 0.0728. The molecule has 1 aliphatic rings. The lowest BCUT2D eigenvalue weighted by Gasteiger charge is -2.29. The molecule has 0 amide bonds. The molecule has 1 atom stereocenters. The molecule has 0 bridgehead atoms. The summed E-state index contributed by atoms with van der Waals surface area (Å²) in [6.45, 7) is 3.42. The number of ether oxygens (including phenoxy) is 1. The summed E-state index contributed by atoms with van der Waals surface area (Å²) in [6, 6.07) is 0. The van der Waals surface area contributed by atoms with Gasteiger partial charge in [-0.3, -0.25) is 0 Å². The Morgan fingerprint density at radius 2 is 2.07 bits per heavy atom. The molecule has 5 nitrogen and oxygen atoms in total. The first-order chi connectivity index (χ1) is 7.00. The van der Waals surface area contributed by atoms with Crippen molar-refractivity contribution in [1.29, 1.82) is 0 Å². The van der Waals surface area contributed by atoms with Crippen molar-refractivity contribution < 1.29 is 13.2 Å². The van der Waals surface area contributed by atoms with Crippen molar-refractivity contribution in [2.75, 3.05) is 26.3 Å². The molecule has 88 valence electrons. The van der Waals surface area contributed by atoms with Crippen LogP contribution in [0.25, 0.3) is 0 Å². The normalized spacial score (nSPS) is 21.1. The van der Waals surface area contributed by atoms with Gasteiger partial charge in [-0.15, -0.1) is 0 Å². The second-order valence-electron chi connectivity index (χ2n) is 3.36. The fourth-order valence-electron chi connectivity index (χ4n) is 1.54. The predicted octanol–water partition coefficient (Wildman–Crippen LogP) is -0.287. The molecule has 0 radical (unpaired) electrons. The van der Waals surface area contributed by atoms with Crippen LogP contribution in [0.3, 0.4) is 0 Å². The summed E-state index contributed by atoms with van der Waals surface area (Å²) >= 11 is 4.77. The van der Waals surface area contributed by atoms with Gasteiger partial charge in [0.05, 0.1) is 18.2 Å². The van der Waals surface area contributed by atoms with Gasteiger partial charge in [-0.05, 0) is 6.42 Å². The minimum atomic E-state index is -3.39. The van der Waals surface area contributed by atoms with Crippen LogP contribution in [0, 0.1) is 0 Å². The fraction of sp³-hybridized carbons (Fsp3) is 0.875. The van der Waals surface area contributed by atoms with Crippen LogP contribution in [0.1, 0.15) is 13.3 Å². The molecule has 1 saturated heterocycles. The van der Waals surface area contributed by atoms with Crippen LogP contribution in [0.5, 0.6) is 0 Å². The molecule has 0 aromatic heterocycles. The van der Waals surface area contributed by atoms with Crippen molar-refractivity contribution in [1.82, 2.24) is 4.31 Å². The van der Waals surface area contributed by atoms with Crippen LogP contribution in [0.15, 0.2) is 0 Å². The Labute approximate surface area is 95.6 Å². The van der Waals surface area contributed by atoms with Crippen LogP contribution in [-0.2, 0) is 14.8 Å². The van der Waals surface area contributed by atoms with E-state index in [1.54, 1.807) is 6.92 Å². The minimum Gasteiger partial charge on any atom is -0.392 e. The van der Waals surface area contributed by atoms with E-state index >= 15 is 0 Å². The van der Waals surface area contributed by atoms with E-state index in [9.17, 15) is 8.42 Å². The number of hydrogen-bond acceptors (Lipinski definition) is 4. The molecule has 1 rings (SSSR count). The molecular weight excluding hydrogens is 236 g/mol. The summed E-state index contributed by atoms with van der Waals surface area (Å²) in [5, 5.41) is -0.745. The van der Waals surface area contributed by atoms with Crippen LogP contribution < -0.4 is 5.73 Å². The molecule has 7 heteroatoms. The second-order valence-corrected chi connectivity index (χ2v) is 5.94. The third-order valence-corrected chi connectivity index (χ3v) is 5.20. The van der Waals surface area contributed by atoms with Gasteiger partial charge in [0, 0.05) is 13.1 Å². The number of sulfonamides is 1. The van der Waals surface area contributed by atoms with Gasteiger partial charge in [0.15, 0.2) is 0 Å². The van der Waals surface area contributed by atoms with E-state index in [4.69, 9.17) is 22.7 Å². The monoisotopic (exact) mass is 252 g/mol. The first-order valence-corrected chi connectivity index (χ1v) is 6.77. The van der Waals surface area contributed by atoms with Gasteiger partial charge in [-0.25, -0.2) is 8.42 Å². The minimum absolute atomic E-state index is 0.0454. The average Bonchev–Trinajstić information content (AvgIpc) is 2.19. The number of hydrogen-bond donors (Lipinski definition) is 1. The Morgan fingerprint density at radius 1 is 1.53 bits per heavy atom. The lowest BCUT2D eigenvalue weighted by Crippen LogP contribution is -2.48. The van der Waals surface area contributed by atoms with E-state index in [-0.39, 0.29) is 4.99 Å². The highest BCUT2D eigenvalue weighted by atomic mass is 32.2. The van der Waals surface area contributed by atoms with Gasteiger partial charge in [0.25, 0.3) is 0 Å². The van der Waals surface area contributed by atoms with Crippen LogP contribution in [-0.4, -0.2) is 49.3 Å². The predicted molar refractivity (Wildman–Crippen MR) is 62.2 cm³/mol. The second kappa shape index (κ2) is 5.20. The maximum absolute atomic E-state index is 12.1. The number of rotatable bonds is 4. The first-order valence-electron chi connectivity index (χ1n) is 4.86. The smallest absolute Gasteiger partial charge is 0.223 e. The molecular formula is C8H16N2O3S2. The molecule has 1 aliphatic heterocycles. The van der Waals surface area contributed by atoms with E-state index in [0.717, 1.165) is 0 Å². The van der Waals surface area contributed by atoms with Gasteiger partial charge in [0.2, 0.25) is 10.0 Å². The van der Waals surface area contributed by atoms with E-state index in [0.29, 0.717) is 32.7 Å². The summed E-state index contributed by atoms with van der Waals surface area (Å²) in [4.78, 5) is 0.0454. The summed E-state index contributed by atoms with van der Waals surface area (Å²) < 4.78 is 30.6. The molecule has 15 heavy (non-hydrogen) atoms. The third kappa shape index (κ3) is 2.87. The van der Waals surface area contributed by atoms with Gasteiger partial charge >= 0.3 is 0 Å². The maximum atomic E-state index is 12.1. The largest absolute Gasteiger partial charge is 0.392 e. The Morgan fingerprint density at radius 3 is 2.47 bits per heavy atom. The van der Waals surface area contributed by atoms with Gasteiger partial charge in [-0.1, -0.05) is 19.1 Å². The zero-order valence-corrected chi connectivity index (χ0v) is 10.3. The molecule has 0 aliphatic carbocycles. The molecule has 0 aromatic rings. The van der Waals surface area contributed by atoms with Crippen molar-refractivity contribution in [2.45, 2.75) is 18.6 Å². The number of morpholine rings is 1. The van der Waals surface area contributed by atoms with E-state index in [1.807, 2.05) is 0 Å². The fourth-order valence-corrected chi connectivity index (χ4v) is 3.80. The Kier molecular flexibility index (Phi) is 4.45. The molecule has 2 N–H and O–H groups in total. The van der Waals surface area contributed by atoms with Gasteiger partial charge in [0.1, 0.15) is 5.25 Å². The SMILES string of the molecule is CCC(C(N)=S)S(=O)(=O)N1CCOCC1. The zero-order chi connectivity index (χ0) is 11.5. The van der Waals surface area contributed by atoms with Crippen molar-refractivity contribution >= 4 is 27.2 Å². The summed E-state index contributed by atoms with van der Waals surface area (Å²) in [6.07, 6.45) is 0.412. The summed E-state index contributed by atoms with van der Waals surface area (Å²) in [7, 11) is -3.39. The Hall–Kier alpha value is -0.240. The highest BCUT2D eigenvalue weighted by Gasteiger charge is 2.33. The van der Waals surface area contributed by atoms with Crippen molar-refractivity contribution in [3.63, 3.8) is 0 Å². The third-order valence-electron chi connectivity index (χ3n) is 2.38. The number of nitrogens with zero attached hydrogens (tertiary/aromatic N) is 1. The molecule has 1 fully saturated rings. The highest BCUT2D eigenvalue weighted by molar-refractivity contribution is 7.92. The molecule has 0 saturated carbocycles. The molecule has 1 heterocycles. The molecule has 0 aromatic carbocycles. The zero-order valence-electron chi connectivity index (χ0n) is 8.68. The first kappa shape index (κ1) is 12.8. The number of thiocarbonyl (C=S) groups is 1. The standard InChI is InChI=1S/C8H16N2O3S2/c1-2-7(8(9)14)15(11,12)10-3-5-13-6-4-10/h7H,2-6H2,1H3,(H2,9,14). The molecule has 1 unspecified atom stereocenters. The average molecular weight is 252 g/mol. The van der Waals surface area contributed by atoms with Crippen molar-refractivity contribution in [3.8, 4) is 0 Å². The lowest BCUT2D eigenvalue weighted by atomic mass is 10.3. The summed E-state index contributed by atoms with van der Waals surface area (Å²) in [5.74, 6) is 0. The van der Waals surface area contributed by atoms with E-state index in [2.05, 4.69) is 0 Å². The van der Waals surface area contributed by atoms with Gasteiger partial charge < -0.3 is 10.5 Å². The van der Waals surface area contributed by atoms with Crippen LogP contribution in [0.2, 0.25) is 0 Å². The Bertz CT molecular complexity index is 323. The van der Waals surface area contributed by atoms with Crippen molar-refractivity contribution in [2.24, 2.45) is 5.73 Å². The van der Waals surface area contributed by atoms with E-state index < -0.39 is 15.3 Å². The van der Waals surface area contributed by atoms with E-state index in [1.165, 1.54) is 4.31 Å². The topological polar surface area (TPSA) is 72.6 Å². The van der Waals surface area contributed by atoms with Gasteiger partial charge in [-0.2, -0.15) is 4.31 Å². The molecule has 0 spiro atoms. The van der Waals surface area contributed by atoms with Crippen LogP contribution in [0.4, 0.5) is 0 Å². The Balaban J connectivity index is 2.84. The quantitative estimate of drug-likeness (QED) is 0.696. The maximum Gasteiger partial charge on any atom is 0.223 e. The van der Waals surface area contributed by atoms with Crippen LogP contribution >= 0.6 is 12.2 Å². The summed E-state index contributed by atoms with van der Waals surface area (Å²) in [5.41, 5.74) is 5.43.